The minimum absolute atomic E-state index is 0.674. The van der Waals surface area contributed by atoms with Gasteiger partial charge in [-0.05, 0) is 26.0 Å². The molecule has 0 saturated heterocycles. The van der Waals surface area contributed by atoms with Crippen LogP contribution >= 0.6 is 0 Å². The van der Waals surface area contributed by atoms with E-state index in [-0.39, 0.29) is 0 Å². The molecule has 0 unspecified atom stereocenters. The monoisotopic (exact) mass is 231 g/mol. The molecule has 4 nitrogen and oxygen atoms in total. The van der Waals surface area contributed by atoms with Crippen molar-refractivity contribution in [3.05, 3.63) is 36.7 Å². The topological polar surface area (TPSA) is 39.1 Å². The lowest BCUT2D eigenvalue weighted by Gasteiger charge is -2.09. The minimum Gasteiger partial charge on any atom is -0.494 e. The highest BCUT2D eigenvalue weighted by Gasteiger charge is 2.02. The third kappa shape index (κ3) is 2.78. The van der Waals surface area contributed by atoms with Gasteiger partial charge >= 0.3 is 0 Å². The Kier molecular flexibility index (Phi) is 3.65. The fourth-order valence-electron chi connectivity index (χ4n) is 1.65. The molecular formula is C13H17N3O. The van der Waals surface area contributed by atoms with Gasteiger partial charge in [0.1, 0.15) is 5.75 Å². The Morgan fingerprint density at radius 1 is 1.35 bits per heavy atom. The predicted molar refractivity (Wildman–Crippen MR) is 68.8 cm³/mol. The van der Waals surface area contributed by atoms with E-state index >= 15 is 0 Å². The summed E-state index contributed by atoms with van der Waals surface area (Å²) < 4.78 is 7.50. The van der Waals surface area contributed by atoms with Gasteiger partial charge in [0.2, 0.25) is 5.95 Å². The van der Waals surface area contributed by atoms with Crippen LogP contribution in [-0.2, 0) is 6.54 Å². The van der Waals surface area contributed by atoms with Crippen molar-refractivity contribution in [2.24, 2.45) is 0 Å². The second-order valence-corrected chi connectivity index (χ2v) is 3.62. The lowest BCUT2D eigenvalue weighted by atomic mass is 10.3. The number of anilines is 2. The lowest BCUT2D eigenvalue weighted by molar-refractivity contribution is 0.340. The van der Waals surface area contributed by atoms with Gasteiger partial charge in [-0.15, -0.1) is 0 Å². The molecule has 1 N–H and O–H groups in total. The van der Waals surface area contributed by atoms with Crippen LogP contribution in [0.1, 0.15) is 13.8 Å². The summed E-state index contributed by atoms with van der Waals surface area (Å²) in [4.78, 5) is 4.27. The number of aromatic nitrogens is 2. The molecule has 17 heavy (non-hydrogen) atoms. The van der Waals surface area contributed by atoms with Gasteiger partial charge in [-0.1, -0.05) is 6.07 Å². The van der Waals surface area contributed by atoms with Gasteiger partial charge in [0, 0.05) is 30.7 Å². The van der Waals surface area contributed by atoms with Crippen LogP contribution < -0.4 is 10.1 Å². The Bertz CT molecular complexity index is 479. The Balaban J connectivity index is 2.15. The van der Waals surface area contributed by atoms with E-state index in [0.717, 1.165) is 23.9 Å². The van der Waals surface area contributed by atoms with Crippen LogP contribution in [0.5, 0.6) is 5.75 Å². The molecule has 0 spiro atoms. The Labute approximate surface area is 101 Å². The summed E-state index contributed by atoms with van der Waals surface area (Å²) in [6, 6.07) is 7.88. The minimum atomic E-state index is 0.674. The first-order valence-electron chi connectivity index (χ1n) is 5.84. The number of ether oxygens (including phenoxy) is 1. The zero-order valence-corrected chi connectivity index (χ0v) is 10.2. The smallest absolute Gasteiger partial charge is 0.207 e. The molecule has 1 heterocycles. The first kappa shape index (κ1) is 11.5. The summed E-state index contributed by atoms with van der Waals surface area (Å²) in [7, 11) is 0. The van der Waals surface area contributed by atoms with Crippen molar-refractivity contribution in [2.45, 2.75) is 20.4 Å². The van der Waals surface area contributed by atoms with Crippen molar-refractivity contribution in [2.75, 3.05) is 11.9 Å². The van der Waals surface area contributed by atoms with Crippen LogP contribution in [0, 0.1) is 0 Å². The number of aryl methyl sites for hydroxylation is 1. The van der Waals surface area contributed by atoms with Gasteiger partial charge in [0.25, 0.3) is 0 Å². The van der Waals surface area contributed by atoms with Crippen molar-refractivity contribution >= 4 is 11.6 Å². The third-order valence-corrected chi connectivity index (χ3v) is 2.46. The van der Waals surface area contributed by atoms with Gasteiger partial charge in [0.15, 0.2) is 0 Å². The fraction of sp³-hybridized carbons (Fsp3) is 0.308. The van der Waals surface area contributed by atoms with Gasteiger partial charge < -0.3 is 14.6 Å². The number of hydrogen-bond donors (Lipinski definition) is 1. The van der Waals surface area contributed by atoms with Crippen LogP contribution in [-0.4, -0.2) is 16.2 Å². The van der Waals surface area contributed by atoms with E-state index < -0.39 is 0 Å². The van der Waals surface area contributed by atoms with E-state index in [0.29, 0.717) is 6.61 Å². The molecule has 0 aliphatic carbocycles. The van der Waals surface area contributed by atoms with E-state index in [1.807, 2.05) is 42.0 Å². The number of benzene rings is 1. The summed E-state index contributed by atoms with van der Waals surface area (Å²) in [5.41, 5.74) is 0.983. The highest BCUT2D eigenvalue weighted by Crippen LogP contribution is 2.20. The molecule has 0 aliphatic rings. The van der Waals surface area contributed by atoms with Crippen LogP contribution in [0.25, 0.3) is 0 Å². The highest BCUT2D eigenvalue weighted by atomic mass is 16.5. The van der Waals surface area contributed by atoms with Crippen LogP contribution in [0.2, 0.25) is 0 Å². The number of nitrogens with zero attached hydrogens (tertiary/aromatic N) is 2. The normalized spacial score (nSPS) is 10.2. The quantitative estimate of drug-likeness (QED) is 0.859. The van der Waals surface area contributed by atoms with Gasteiger partial charge in [-0.2, -0.15) is 0 Å². The second-order valence-electron chi connectivity index (χ2n) is 3.62. The molecule has 0 radical (unpaired) electrons. The van der Waals surface area contributed by atoms with Crippen molar-refractivity contribution < 1.29 is 4.74 Å². The standard InChI is InChI=1S/C13H17N3O/c1-3-16-9-8-14-13(16)15-11-6-5-7-12(10-11)17-4-2/h5-10H,3-4H2,1-2H3,(H,14,15). The Morgan fingerprint density at radius 3 is 3.00 bits per heavy atom. The molecule has 0 atom stereocenters. The Hall–Kier alpha value is -1.97. The molecule has 0 bridgehead atoms. The number of rotatable bonds is 5. The number of hydrogen-bond acceptors (Lipinski definition) is 3. The zero-order chi connectivity index (χ0) is 12.1. The maximum absolute atomic E-state index is 5.46. The first-order chi connectivity index (χ1) is 8.33. The average molecular weight is 231 g/mol. The SMILES string of the molecule is CCOc1cccc(Nc2nccn2CC)c1. The van der Waals surface area contributed by atoms with E-state index in [9.17, 15) is 0 Å². The van der Waals surface area contributed by atoms with Gasteiger partial charge in [-0.25, -0.2) is 4.98 Å². The first-order valence-corrected chi connectivity index (χ1v) is 5.84. The zero-order valence-electron chi connectivity index (χ0n) is 10.2. The van der Waals surface area contributed by atoms with Crippen LogP contribution in [0.15, 0.2) is 36.7 Å². The van der Waals surface area contributed by atoms with Gasteiger partial charge in [0.05, 0.1) is 6.61 Å². The molecule has 0 aliphatic heterocycles. The molecule has 0 saturated carbocycles. The van der Waals surface area contributed by atoms with E-state index in [2.05, 4.69) is 17.2 Å². The molecule has 0 fully saturated rings. The maximum Gasteiger partial charge on any atom is 0.207 e. The molecule has 1 aromatic heterocycles. The van der Waals surface area contributed by atoms with Crippen molar-refractivity contribution in [1.82, 2.24) is 9.55 Å². The van der Waals surface area contributed by atoms with Crippen molar-refractivity contribution in [1.29, 1.82) is 0 Å². The van der Waals surface area contributed by atoms with Crippen LogP contribution in [0.3, 0.4) is 0 Å². The van der Waals surface area contributed by atoms with Crippen molar-refractivity contribution in [3.63, 3.8) is 0 Å². The molecule has 2 aromatic rings. The van der Waals surface area contributed by atoms with E-state index in [4.69, 9.17) is 4.74 Å². The summed E-state index contributed by atoms with van der Waals surface area (Å²) in [6.07, 6.45) is 3.74. The third-order valence-electron chi connectivity index (χ3n) is 2.46. The summed E-state index contributed by atoms with van der Waals surface area (Å²) in [5.74, 6) is 1.72. The summed E-state index contributed by atoms with van der Waals surface area (Å²) in [6.45, 7) is 5.63. The van der Waals surface area contributed by atoms with Gasteiger partial charge in [-0.3, -0.25) is 0 Å². The van der Waals surface area contributed by atoms with E-state index in [1.165, 1.54) is 0 Å². The Morgan fingerprint density at radius 2 is 2.24 bits per heavy atom. The van der Waals surface area contributed by atoms with Crippen molar-refractivity contribution in [3.8, 4) is 5.75 Å². The highest BCUT2D eigenvalue weighted by molar-refractivity contribution is 5.56. The maximum atomic E-state index is 5.46. The molecule has 4 heteroatoms. The average Bonchev–Trinajstić information content (AvgIpc) is 2.77. The number of imidazole rings is 1. The summed E-state index contributed by atoms with van der Waals surface area (Å²) >= 11 is 0. The second kappa shape index (κ2) is 5.39. The molecule has 90 valence electrons. The molecular weight excluding hydrogens is 214 g/mol. The summed E-state index contributed by atoms with van der Waals surface area (Å²) in [5, 5.41) is 3.27. The van der Waals surface area contributed by atoms with Crippen LogP contribution in [0.4, 0.5) is 11.6 Å². The largest absolute Gasteiger partial charge is 0.494 e. The predicted octanol–water partition coefficient (Wildman–Crippen LogP) is 3.05. The molecule has 0 amide bonds. The molecule has 2 rings (SSSR count). The fourth-order valence-corrected chi connectivity index (χ4v) is 1.65. The molecule has 1 aromatic carbocycles. The van der Waals surface area contributed by atoms with E-state index in [1.54, 1.807) is 6.20 Å². The lowest BCUT2D eigenvalue weighted by Crippen LogP contribution is -2.01. The number of nitrogens with one attached hydrogen (secondary N) is 1.